The molecule has 3 amide bonds. The van der Waals surface area contributed by atoms with Crippen LogP contribution in [0.1, 0.15) is 44.1 Å². The van der Waals surface area contributed by atoms with Gasteiger partial charge in [-0.3, -0.25) is 24.2 Å². The highest BCUT2D eigenvalue weighted by Crippen LogP contribution is 2.19. The molecule has 0 bridgehead atoms. The topological polar surface area (TPSA) is 254 Å². The van der Waals surface area contributed by atoms with Crippen molar-refractivity contribution in [1.82, 2.24) is 26.3 Å². The molecule has 15 heteroatoms. The van der Waals surface area contributed by atoms with Crippen molar-refractivity contribution in [1.29, 1.82) is 0 Å². The lowest BCUT2D eigenvalue weighted by molar-refractivity contribution is -0.142. The summed E-state index contributed by atoms with van der Waals surface area (Å²) in [6, 6.07) is 3.06. The van der Waals surface area contributed by atoms with Crippen LogP contribution in [-0.2, 0) is 30.4 Å². The lowest BCUT2D eigenvalue weighted by Crippen LogP contribution is -2.57. The fourth-order valence-electron chi connectivity index (χ4n) is 4.75. The molecule has 1 aromatic heterocycles. The first-order valence-corrected chi connectivity index (χ1v) is 13.7. The van der Waals surface area contributed by atoms with E-state index in [1.165, 1.54) is 0 Å². The second-order valence-electron chi connectivity index (χ2n) is 10.1. The molecule has 4 unspecified atom stereocenters. The summed E-state index contributed by atoms with van der Waals surface area (Å²) in [5.41, 5.74) is 12.2. The Morgan fingerprint density at radius 2 is 1.67 bits per heavy atom. The summed E-state index contributed by atoms with van der Waals surface area (Å²) in [4.78, 5) is 69.6. The van der Waals surface area contributed by atoms with Crippen molar-refractivity contribution in [2.45, 2.75) is 69.1 Å². The van der Waals surface area contributed by atoms with E-state index < -0.39 is 60.2 Å². The fraction of sp³-hybridized carbons (Fsp3) is 0.481. The van der Waals surface area contributed by atoms with Crippen LogP contribution >= 0.6 is 0 Å². The summed E-state index contributed by atoms with van der Waals surface area (Å²) in [5, 5.41) is 30.5. The Hall–Kier alpha value is -4.66. The molecule has 1 aromatic carbocycles. The average molecular weight is 587 g/mol. The summed E-state index contributed by atoms with van der Waals surface area (Å²) in [5.74, 6) is -4.56. The highest BCUT2D eigenvalue weighted by Gasteiger charge is 2.32. The summed E-state index contributed by atoms with van der Waals surface area (Å²) >= 11 is 0. The summed E-state index contributed by atoms with van der Waals surface area (Å²) in [7, 11) is 0. The predicted octanol–water partition coefficient (Wildman–Crippen LogP) is -1.08. The van der Waals surface area contributed by atoms with Gasteiger partial charge < -0.3 is 47.9 Å². The number of aromatic amines is 1. The van der Waals surface area contributed by atoms with Gasteiger partial charge in [-0.2, -0.15) is 0 Å². The van der Waals surface area contributed by atoms with Crippen molar-refractivity contribution in [3.8, 4) is 0 Å². The van der Waals surface area contributed by atoms with E-state index in [4.69, 9.17) is 16.6 Å². The maximum atomic E-state index is 13.4. The summed E-state index contributed by atoms with van der Waals surface area (Å²) in [6.45, 7) is 0.789. The van der Waals surface area contributed by atoms with Crippen LogP contribution in [0.25, 0.3) is 10.9 Å². The number of nitrogens with zero attached hydrogens (tertiary/aromatic N) is 1. The largest absolute Gasteiger partial charge is 0.481 e. The Labute approximate surface area is 241 Å². The minimum Gasteiger partial charge on any atom is -0.481 e. The number of guanidine groups is 1. The number of carboxylic acids is 2. The van der Waals surface area contributed by atoms with Gasteiger partial charge >= 0.3 is 11.9 Å². The van der Waals surface area contributed by atoms with Crippen molar-refractivity contribution in [3.63, 3.8) is 0 Å². The van der Waals surface area contributed by atoms with Gasteiger partial charge in [0, 0.05) is 36.5 Å². The zero-order valence-electron chi connectivity index (χ0n) is 23.1. The van der Waals surface area contributed by atoms with Gasteiger partial charge in [-0.25, -0.2) is 4.79 Å². The second-order valence-corrected chi connectivity index (χ2v) is 10.1. The lowest BCUT2D eigenvalue weighted by Gasteiger charge is -2.25. The standard InChI is InChI=1S/C27H38N8O7/c28-27(29)31-12-4-8-19(33-25(40)20(9-10-22(36)37)34-23(38)18-7-3-11-30-18)24(39)35-21(26(41)42)13-15-14-32-17-6-2-1-5-16(15)17/h1-2,5-6,14,18-21,30,32H,3-4,7-13H2,(H,33,40)(H,34,38)(H,35,39)(H,36,37)(H,41,42)(H4,28,29,31). The van der Waals surface area contributed by atoms with Crippen molar-refractivity contribution < 1.29 is 34.2 Å². The molecule has 2 aromatic rings. The number of rotatable bonds is 16. The molecule has 2 heterocycles. The molecule has 0 radical (unpaired) electrons. The first-order valence-electron chi connectivity index (χ1n) is 13.7. The molecule has 15 nitrogen and oxygen atoms in total. The van der Waals surface area contributed by atoms with Gasteiger partial charge in [0.2, 0.25) is 17.7 Å². The number of amides is 3. The number of benzene rings is 1. The van der Waals surface area contributed by atoms with Gasteiger partial charge in [0.25, 0.3) is 0 Å². The number of fused-ring (bicyclic) bond motifs is 1. The van der Waals surface area contributed by atoms with Crippen molar-refractivity contribution in [2.24, 2.45) is 16.5 Å². The van der Waals surface area contributed by atoms with E-state index >= 15 is 0 Å². The minimum atomic E-state index is -1.32. The molecule has 0 spiro atoms. The van der Waals surface area contributed by atoms with Gasteiger partial charge in [-0.15, -0.1) is 0 Å². The van der Waals surface area contributed by atoms with E-state index in [0.29, 0.717) is 18.5 Å². The van der Waals surface area contributed by atoms with Crippen LogP contribution < -0.4 is 32.7 Å². The number of nitrogens with two attached hydrogens (primary N) is 2. The van der Waals surface area contributed by atoms with E-state index in [9.17, 15) is 29.1 Å². The highest BCUT2D eigenvalue weighted by molar-refractivity contribution is 5.94. The summed E-state index contributed by atoms with van der Waals surface area (Å²) in [6.07, 6.45) is 2.70. The van der Waals surface area contributed by atoms with Crippen LogP contribution in [0, 0.1) is 0 Å². The average Bonchev–Trinajstić information content (AvgIpc) is 3.62. The van der Waals surface area contributed by atoms with E-state index in [1.54, 1.807) is 6.20 Å². The Balaban J connectivity index is 1.75. The number of aliphatic imine (C=N–C) groups is 1. The zero-order chi connectivity index (χ0) is 30.6. The first kappa shape index (κ1) is 31.9. The SMILES string of the molecule is NC(N)=NCCCC(NC(=O)C(CCC(=O)O)NC(=O)C1CCCN1)C(=O)NC(Cc1c[nH]c2ccccc12)C(=O)O. The normalized spacial score (nSPS) is 16.6. The highest BCUT2D eigenvalue weighted by atomic mass is 16.4. The molecule has 3 rings (SSSR count). The quantitative estimate of drug-likeness (QED) is 0.0653. The van der Waals surface area contributed by atoms with Crippen LogP contribution in [-0.4, -0.2) is 88.1 Å². The van der Waals surface area contributed by atoms with Crippen LogP contribution in [0.15, 0.2) is 35.5 Å². The zero-order valence-corrected chi connectivity index (χ0v) is 23.1. The van der Waals surface area contributed by atoms with Crippen LogP contribution in [0.2, 0.25) is 0 Å². The summed E-state index contributed by atoms with van der Waals surface area (Å²) < 4.78 is 0. The number of carbonyl (C=O) groups is 5. The number of para-hydroxylation sites is 1. The third-order valence-electron chi connectivity index (χ3n) is 6.95. The Kier molecular flexibility index (Phi) is 11.7. The third kappa shape index (κ3) is 9.47. The van der Waals surface area contributed by atoms with Crippen LogP contribution in [0.5, 0.6) is 0 Å². The molecule has 1 fully saturated rings. The molecule has 42 heavy (non-hydrogen) atoms. The number of aliphatic carboxylic acids is 2. The number of aromatic nitrogens is 1. The number of H-pyrrole nitrogens is 1. The molecule has 1 aliphatic heterocycles. The molecule has 0 aliphatic carbocycles. The van der Waals surface area contributed by atoms with Crippen molar-refractivity contribution in [3.05, 3.63) is 36.0 Å². The van der Waals surface area contributed by atoms with E-state index in [2.05, 4.69) is 31.2 Å². The maximum absolute atomic E-state index is 13.4. The molecule has 4 atom stereocenters. The van der Waals surface area contributed by atoms with Crippen molar-refractivity contribution >= 4 is 46.5 Å². The van der Waals surface area contributed by atoms with Gasteiger partial charge in [-0.05, 0) is 50.3 Å². The van der Waals surface area contributed by atoms with Gasteiger partial charge in [-0.1, -0.05) is 18.2 Å². The molecule has 228 valence electrons. The first-order chi connectivity index (χ1) is 20.0. The molecule has 1 aliphatic rings. The van der Waals surface area contributed by atoms with Crippen LogP contribution in [0.3, 0.4) is 0 Å². The van der Waals surface area contributed by atoms with Gasteiger partial charge in [0.05, 0.1) is 6.04 Å². The van der Waals surface area contributed by atoms with E-state index in [-0.39, 0.29) is 38.2 Å². The van der Waals surface area contributed by atoms with Gasteiger partial charge in [0.15, 0.2) is 5.96 Å². The van der Waals surface area contributed by atoms with E-state index in [0.717, 1.165) is 17.3 Å². The van der Waals surface area contributed by atoms with Crippen LogP contribution in [0.4, 0.5) is 0 Å². The number of carbonyl (C=O) groups excluding carboxylic acids is 3. The second kappa shape index (κ2) is 15.4. The number of carboxylic acid groups (broad SMARTS) is 2. The molecule has 1 saturated heterocycles. The van der Waals surface area contributed by atoms with Crippen molar-refractivity contribution in [2.75, 3.05) is 13.1 Å². The monoisotopic (exact) mass is 586 g/mol. The number of nitrogens with one attached hydrogen (secondary N) is 5. The molecular formula is C27H38N8O7. The molecule has 0 saturated carbocycles. The van der Waals surface area contributed by atoms with Gasteiger partial charge in [0.1, 0.15) is 18.1 Å². The maximum Gasteiger partial charge on any atom is 0.326 e. The number of hydrogen-bond donors (Lipinski definition) is 9. The fourth-order valence-corrected chi connectivity index (χ4v) is 4.75. The van der Waals surface area contributed by atoms with E-state index in [1.807, 2.05) is 24.3 Å². The Morgan fingerprint density at radius 1 is 0.976 bits per heavy atom. The molecular weight excluding hydrogens is 548 g/mol. The Bertz CT molecular complexity index is 1300. The number of hydrogen-bond acceptors (Lipinski definition) is 7. The predicted molar refractivity (Wildman–Crippen MR) is 153 cm³/mol. The molecule has 11 N–H and O–H groups in total. The minimum absolute atomic E-state index is 0.0224. The third-order valence-corrected chi connectivity index (χ3v) is 6.95. The smallest absolute Gasteiger partial charge is 0.326 e. The lowest BCUT2D eigenvalue weighted by atomic mass is 10.0. The Morgan fingerprint density at radius 3 is 2.31 bits per heavy atom.